The van der Waals surface area contributed by atoms with Crippen molar-refractivity contribution in [1.82, 2.24) is 0 Å². The molecule has 0 aliphatic carbocycles. The summed E-state index contributed by atoms with van der Waals surface area (Å²) >= 11 is 0. The molecule has 0 unspecified atom stereocenters. The van der Waals surface area contributed by atoms with E-state index >= 15 is 0 Å². The van der Waals surface area contributed by atoms with Gasteiger partial charge in [-0.25, -0.2) is 0 Å². The normalized spacial score (nSPS) is 7.20. The van der Waals surface area contributed by atoms with E-state index in [1.807, 2.05) is 0 Å². The van der Waals surface area contributed by atoms with Crippen LogP contribution in [0.4, 0.5) is 0 Å². The number of hydrogen-bond acceptors (Lipinski definition) is 2. The van der Waals surface area contributed by atoms with Crippen LogP contribution < -0.4 is 0 Å². The van der Waals surface area contributed by atoms with Gasteiger partial charge in [0.15, 0.2) is 0 Å². The van der Waals surface area contributed by atoms with Crippen LogP contribution >= 0.6 is 0 Å². The van der Waals surface area contributed by atoms with Gasteiger partial charge in [-0.2, -0.15) is 4.90 Å². The molecule has 0 saturated heterocycles. The number of rotatable bonds is 0. The smallest absolute Gasteiger partial charge is 0.125 e. The maximum Gasteiger partial charge on any atom is 0.125 e. The maximum absolute atomic E-state index is 9.15. The van der Waals surface area contributed by atoms with Crippen LogP contribution in [0.5, 0.6) is 0 Å². The lowest BCUT2D eigenvalue weighted by Crippen LogP contribution is -1.90. The first-order valence-electron chi connectivity index (χ1n) is 1.20. The van der Waals surface area contributed by atoms with Gasteiger partial charge in [-0.3, -0.25) is 0 Å². The van der Waals surface area contributed by atoms with E-state index in [0.717, 1.165) is 5.84 Å². The second-order valence-electron chi connectivity index (χ2n) is 0.544. The molecular weight excluding hydrogens is 86.1 g/mol. The molecule has 0 saturated carbocycles. The minimum atomic E-state index is -0.438. The van der Waals surface area contributed by atoms with Crippen LogP contribution in [0.2, 0.25) is 0 Å². The molecule has 4 heteroatoms. The van der Waals surface area contributed by atoms with E-state index in [1.165, 1.54) is 0 Å². The molecule has 0 aliphatic rings. The van der Waals surface area contributed by atoms with Gasteiger partial charge >= 0.3 is 0 Å². The summed E-state index contributed by atoms with van der Waals surface area (Å²) < 4.78 is 0. The lowest BCUT2D eigenvalue weighted by Gasteiger charge is -1.97. The van der Waals surface area contributed by atoms with Crippen molar-refractivity contribution in [2.75, 3.05) is 0 Å². The summed E-state index contributed by atoms with van der Waals surface area (Å²) in [6.45, 7) is 0. The summed E-state index contributed by atoms with van der Waals surface area (Å²) in [6, 6.07) is 0. The number of nitrogens with zero attached hydrogens (tertiary/aromatic N) is 1. The largest absolute Gasteiger partial charge is 0.613 e. The Balaban J connectivity index is 3.14. The second-order valence-corrected chi connectivity index (χ2v) is 1.06. The maximum atomic E-state index is 9.15. The predicted octanol–water partition coefficient (Wildman–Crippen LogP) is -1.61. The predicted molar refractivity (Wildman–Crippen MR) is 23.0 cm³/mol. The summed E-state index contributed by atoms with van der Waals surface area (Å²) in [5.41, 5.74) is 0. The van der Waals surface area contributed by atoms with Gasteiger partial charge in [0.1, 0.15) is 16.1 Å². The summed E-state index contributed by atoms with van der Waals surface area (Å²) in [4.78, 5) is -0.438. The zero-order valence-electron chi connectivity index (χ0n) is 2.84. The van der Waals surface area contributed by atoms with Crippen LogP contribution in [0.3, 0.4) is 0 Å². The van der Waals surface area contributed by atoms with Gasteiger partial charge in [-0.15, -0.1) is 0 Å². The molecule has 0 aromatic heterocycles. The summed E-state index contributed by atoms with van der Waals surface area (Å²) in [5, 5.41) is 18.3. The van der Waals surface area contributed by atoms with E-state index in [4.69, 9.17) is 10.4 Å². The average molecular weight is 90.1 g/mol. The fourth-order valence-corrected chi connectivity index (χ4v) is 0. The SMILES string of the molecule is [O-][N+]([O-])=C[SiH3]. The summed E-state index contributed by atoms with van der Waals surface area (Å²) in [6.07, 6.45) is 0. The molecule has 0 bridgehead atoms. The van der Waals surface area contributed by atoms with E-state index in [0.29, 0.717) is 10.2 Å². The van der Waals surface area contributed by atoms with Crippen molar-refractivity contribution in [3.05, 3.63) is 10.4 Å². The lowest BCUT2D eigenvalue weighted by atomic mass is 11.7. The van der Waals surface area contributed by atoms with Crippen LogP contribution in [0.15, 0.2) is 0 Å². The zero-order valence-corrected chi connectivity index (χ0v) is 4.84. The van der Waals surface area contributed by atoms with Crippen molar-refractivity contribution in [3.8, 4) is 0 Å². The molecule has 0 aromatic rings. The Morgan fingerprint density at radius 1 is 1.60 bits per heavy atom. The van der Waals surface area contributed by atoms with Gasteiger partial charge < -0.3 is 10.4 Å². The molecule has 0 aliphatic heterocycles. The molecule has 3 nitrogen and oxygen atoms in total. The van der Waals surface area contributed by atoms with Crippen molar-refractivity contribution in [1.29, 1.82) is 0 Å². The molecule has 5 heavy (non-hydrogen) atoms. The fraction of sp³-hybridized carbons (Fsp3) is 0. The van der Waals surface area contributed by atoms with Crippen LogP contribution in [0, 0.1) is 10.4 Å². The Morgan fingerprint density at radius 3 is 1.80 bits per heavy atom. The van der Waals surface area contributed by atoms with Gasteiger partial charge in [0.25, 0.3) is 0 Å². The molecule has 0 spiro atoms. The summed E-state index contributed by atoms with van der Waals surface area (Å²) in [5.74, 6) is 1.03. The Bertz CT molecular complexity index is 47.6. The van der Waals surface area contributed by atoms with Crippen LogP contribution in [0.25, 0.3) is 0 Å². The molecular formula is CH4NO2Si-. The average Bonchev–Trinajstić information content (AvgIpc) is 1.38. The Labute approximate surface area is 32.5 Å². The molecule has 0 heterocycles. The van der Waals surface area contributed by atoms with E-state index < -0.39 is 4.90 Å². The lowest BCUT2D eigenvalue weighted by molar-refractivity contribution is -0.370. The topological polar surface area (TPSA) is 49.1 Å². The molecule has 0 atom stereocenters. The molecule has 0 rings (SSSR count). The van der Waals surface area contributed by atoms with Gasteiger partial charge in [-0.05, 0) is 0 Å². The van der Waals surface area contributed by atoms with Gasteiger partial charge in [0.2, 0.25) is 0 Å². The van der Waals surface area contributed by atoms with Crippen LogP contribution in [0.1, 0.15) is 0 Å². The van der Waals surface area contributed by atoms with Crippen LogP contribution in [-0.4, -0.2) is 21.0 Å². The summed E-state index contributed by atoms with van der Waals surface area (Å²) in [7, 11) is 0.549. The van der Waals surface area contributed by atoms with Gasteiger partial charge in [0.05, 0.1) is 0 Å². The zero-order chi connectivity index (χ0) is 4.28. The van der Waals surface area contributed by atoms with Crippen LogP contribution in [-0.2, 0) is 0 Å². The minimum absolute atomic E-state index is 0.438. The van der Waals surface area contributed by atoms with E-state index in [1.54, 1.807) is 0 Å². The third-order valence-electron chi connectivity index (χ3n) is 0.211. The van der Waals surface area contributed by atoms with E-state index in [2.05, 4.69) is 0 Å². The minimum Gasteiger partial charge on any atom is -0.613 e. The monoisotopic (exact) mass is 90.0 g/mol. The fourth-order valence-electron chi connectivity index (χ4n) is 0. The van der Waals surface area contributed by atoms with Gasteiger partial charge in [0, 0.05) is 0 Å². The molecule has 0 N–H and O–H groups in total. The molecule has 0 amide bonds. The Hall–Kier alpha value is -0.513. The first kappa shape index (κ1) is 4.49. The number of hydrogen-bond donors (Lipinski definition) is 0. The molecule has 30 valence electrons. The highest BCUT2D eigenvalue weighted by atomic mass is 28.1. The second kappa shape index (κ2) is 1.77. The molecule has 0 fully saturated rings. The Kier molecular flexibility index (Phi) is 1.59. The van der Waals surface area contributed by atoms with Crippen molar-refractivity contribution >= 4 is 16.1 Å². The third-order valence-corrected chi connectivity index (χ3v) is 0.632. The van der Waals surface area contributed by atoms with Crippen molar-refractivity contribution in [3.63, 3.8) is 0 Å². The van der Waals surface area contributed by atoms with E-state index in [9.17, 15) is 0 Å². The highest BCUT2D eigenvalue weighted by Gasteiger charge is 1.51. The molecule has 0 radical (unpaired) electrons. The standard InChI is InChI=1S/CH4NO2Si/c3-2(4)1-5/h1H,5H3/q-1. The highest BCUT2D eigenvalue weighted by Crippen LogP contribution is 1.47. The van der Waals surface area contributed by atoms with Gasteiger partial charge in [-0.1, -0.05) is 0 Å². The first-order chi connectivity index (χ1) is 2.27. The van der Waals surface area contributed by atoms with Crippen molar-refractivity contribution in [2.24, 2.45) is 0 Å². The first-order valence-corrected chi connectivity index (χ1v) is 2.36. The highest BCUT2D eigenvalue weighted by molar-refractivity contribution is 6.48. The third kappa shape index (κ3) is 3.49. The Morgan fingerprint density at radius 2 is 1.80 bits per heavy atom. The van der Waals surface area contributed by atoms with E-state index in [-0.39, 0.29) is 0 Å². The van der Waals surface area contributed by atoms with Crippen molar-refractivity contribution in [2.45, 2.75) is 0 Å². The quantitative estimate of drug-likeness (QED) is 0.155. The molecule has 0 aromatic carbocycles. The van der Waals surface area contributed by atoms with Crippen molar-refractivity contribution < 1.29 is 4.90 Å².